The maximum atomic E-state index is 12.4. The largest absolute Gasteiger partial charge is 0.392 e. The Morgan fingerprint density at radius 1 is 1.10 bits per heavy atom. The molecule has 5 saturated carbocycles. The summed E-state index contributed by atoms with van der Waals surface area (Å²) >= 11 is 0. The second-order valence-corrected chi connectivity index (χ2v) is 11.5. The van der Waals surface area contributed by atoms with Gasteiger partial charge >= 0.3 is 0 Å². The first-order chi connectivity index (χ1) is 14.4. The molecule has 0 amide bonds. The number of hydrogen-bond donors (Lipinski definition) is 2. The summed E-state index contributed by atoms with van der Waals surface area (Å²) in [6, 6.07) is 0.329. The highest BCUT2D eigenvalue weighted by Crippen LogP contribution is 2.79. The number of likely N-dealkylation sites (tertiary alicyclic amines) is 1. The smallest absolute Gasteiger partial charge is 0.0771 e. The average molecular weight is 422 g/mol. The van der Waals surface area contributed by atoms with Gasteiger partial charge in [-0.05, 0) is 44.1 Å². The normalized spacial score (nSPS) is 60.8. The number of aliphatic hydroxyl groups excluding tert-OH is 1. The highest BCUT2D eigenvalue weighted by Gasteiger charge is 2.83. The van der Waals surface area contributed by atoms with Crippen LogP contribution in [-0.4, -0.2) is 86.1 Å². The van der Waals surface area contributed by atoms with E-state index < -0.39 is 11.7 Å². The molecule has 2 N–H and O–H groups in total. The van der Waals surface area contributed by atoms with Crippen molar-refractivity contribution >= 4 is 0 Å². The SMILES string of the molecule is CCN1C[C@]2(COC)CC[C@H](OC)[C@@]34C5C[C@H]6C(O)C5[C@](O)(C[C@@H]6OC)[C@@H](CC23)C14. The number of rotatable bonds is 5. The number of fused-ring (bicyclic) bond motifs is 2. The summed E-state index contributed by atoms with van der Waals surface area (Å²) in [6.45, 7) is 5.11. The topological polar surface area (TPSA) is 71.4 Å². The third-order valence-corrected chi connectivity index (χ3v) is 11.2. The lowest BCUT2D eigenvalue weighted by Gasteiger charge is -2.69. The number of ether oxygens (including phenoxy) is 3. The molecule has 1 saturated heterocycles. The van der Waals surface area contributed by atoms with Crippen molar-refractivity contribution in [3.05, 3.63) is 0 Å². The van der Waals surface area contributed by atoms with Crippen LogP contribution in [0.2, 0.25) is 0 Å². The lowest BCUT2D eigenvalue weighted by Crippen LogP contribution is -2.76. The molecule has 30 heavy (non-hydrogen) atoms. The Labute approximate surface area is 180 Å². The van der Waals surface area contributed by atoms with Gasteiger partial charge in [0.25, 0.3) is 0 Å². The molecule has 6 heteroatoms. The van der Waals surface area contributed by atoms with E-state index in [1.807, 2.05) is 14.2 Å². The van der Waals surface area contributed by atoms with Crippen LogP contribution in [0.5, 0.6) is 0 Å². The van der Waals surface area contributed by atoms with Gasteiger partial charge in [0.1, 0.15) is 0 Å². The highest BCUT2D eigenvalue weighted by atomic mass is 16.5. The highest BCUT2D eigenvalue weighted by molar-refractivity contribution is 5.33. The van der Waals surface area contributed by atoms with Crippen LogP contribution in [0, 0.1) is 40.4 Å². The minimum atomic E-state index is -0.847. The molecule has 5 aliphatic carbocycles. The standard InChI is InChI=1S/C24H39NO5/c1-5-25-11-22(12-28-2)7-6-18(30-4)24-14-8-13-16(29-3)10-23(27,19(14)20(13)26)15(21(24)25)9-17(22)24/h13-21,26-27H,5-12H2,1-4H3/t13-,14?,15+,16+,17?,18+,19?,20?,21?,22+,23+,24-/m1/s1. The molecule has 0 radical (unpaired) electrons. The number of piperidine rings is 1. The monoisotopic (exact) mass is 421 g/mol. The number of hydrogen-bond acceptors (Lipinski definition) is 6. The minimum Gasteiger partial charge on any atom is -0.392 e. The first-order valence-electron chi connectivity index (χ1n) is 12.1. The molecule has 7 bridgehead atoms. The molecule has 5 unspecified atom stereocenters. The Bertz CT molecular complexity index is 720. The summed E-state index contributed by atoms with van der Waals surface area (Å²) < 4.78 is 18.0. The summed E-state index contributed by atoms with van der Waals surface area (Å²) in [4.78, 5) is 2.67. The summed E-state index contributed by atoms with van der Waals surface area (Å²) in [5.41, 5.74) is -0.719. The fourth-order valence-electron chi connectivity index (χ4n) is 10.7. The van der Waals surface area contributed by atoms with Gasteiger partial charge in [0, 0.05) is 68.9 Å². The number of aliphatic hydroxyl groups is 2. The van der Waals surface area contributed by atoms with Gasteiger partial charge < -0.3 is 24.4 Å². The fraction of sp³-hybridized carbons (Fsp3) is 1.00. The van der Waals surface area contributed by atoms with E-state index in [-0.39, 0.29) is 46.7 Å². The van der Waals surface area contributed by atoms with Crippen LogP contribution in [0.1, 0.15) is 39.0 Å². The van der Waals surface area contributed by atoms with E-state index in [2.05, 4.69) is 11.8 Å². The average Bonchev–Trinajstić information content (AvgIpc) is 3.15. The van der Waals surface area contributed by atoms with Crippen LogP contribution in [0.4, 0.5) is 0 Å². The fourth-order valence-corrected chi connectivity index (χ4v) is 10.7. The second kappa shape index (κ2) is 6.42. The molecule has 0 aromatic carbocycles. The quantitative estimate of drug-likeness (QED) is 0.702. The molecular weight excluding hydrogens is 382 g/mol. The molecule has 6 fully saturated rings. The van der Waals surface area contributed by atoms with E-state index in [1.165, 1.54) is 0 Å². The van der Waals surface area contributed by atoms with Gasteiger partial charge in [0.05, 0.1) is 30.5 Å². The molecule has 6 nitrogen and oxygen atoms in total. The molecule has 1 aliphatic heterocycles. The molecule has 1 spiro atoms. The number of methoxy groups -OCH3 is 3. The zero-order chi connectivity index (χ0) is 21.1. The van der Waals surface area contributed by atoms with Crippen molar-refractivity contribution in [3.8, 4) is 0 Å². The van der Waals surface area contributed by atoms with Crippen LogP contribution in [0.3, 0.4) is 0 Å². The van der Waals surface area contributed by atoms with Gasteiger partial charge in [-0.1, -0.05) is 6.92 Å². The molecule has 6 aliphatic rings. The van der Waals surface area contributed by atoms with Gasteiger partial charge in [-0.15, -0.1) is 0 Å². The first-order valence-corrected chi connectivity index (χ1v) is 12.1. The van der Waals surface area contributed by atoms with Crippen LogP contribution in [0.15, 0.2) is 0 Å². The summed E-state index contributed by atoms with van der Waals surface area (Å²) in [5.74, 6) is 1.03. The van der Waals surface area contributed by atoms with Crippen molar-refractivity contribution in [2.24, 2.45) is 40.4 Å². The van der Waals surface area contributed by atoms with Gasteiger partial charge in [0.15, 0.2) is 0 Å². The molecule has 0 aromatic heterocycles. The summed E-state index contributed by atoms with van der Waals surface area (Å²) in [6.07, 6.45) is 4.52. The summed E-state index contributed by atoms with van der Waals surface area (Å²) in [5, 5.41) is 23.8. The van der Waals surface area contributed by atoms with Crippen molar-refractivity contribution in [2.45, 2.75) is 69.0 Å². The Morgan fingerprint density at radius 3 is 2.57 bits per heavy atom. The van der Waals surface area contributed by atoms with Crippen LogP contribution in [0.25, 0.3) is 0 Å². The predicted octanol–water partition coefficient (Wildman–Crippen LogP) is 1.53. The third-order valence-electron chi connectivity index (χ3n) is 11.2. The summed E-state index contributed by atoms with van der Waals surface area (Å²) in [7, 11) is 5.48. The van der Waals surface area contributed by atoms with Crippen molar-refractivity contribution in [2.75, 3.05) is 41.0 Å². The lowest BCUT2D eigenvalue weighted by molar-refractivity contribution is -0.276. The Balaban J connectivity index is 1.58. The van der Waals surface area contributed by atoms with Crippen LogP contribution >= 0.6 is 0 Å². The molecule has 0 aromatic rings. The van der Waals surface area contributed by atoms with Crippen molar-refractivity contribution < 1.29 is 24.4 Å². The van der Waals surface area contributed by atoms with E-state index >= 15 is 0 Å². The molecular formula is C24H39NO5. The molecule has 1 heterocycles. The Kier molecular flexibility index (Phi) is 4.36. The van der Waals surface area contributed by atoms with E-state index in [0.717, 1.165) is 45.4 Å². The minimum absolute atomic E-state index is 0.000283. The van der Waals surface area contributed by atoms with Crippen LogP contribution < -0.4 is 0 Å². The van der Waals surface area contributed by atoms with Gasteiger partial charge in [-0.25, -0.2) is 0 Å². The zero-order valence-electron chi connectivity index (χ0n) is 18.9. The van der Waals surface area contributed by atoms with Gasteiger partial charge in [-0.3, -0.25) is 4.90 Å². The van der Waals surface area contributed by atoms with Gasteiger partial charge in [0.2, 0.25) is 0 Å². The predicted molar refractivity (Wildman–Crippen MR) is 111 cm³/mol. The van der Waals surface area contributed by atoms with E-state index in [1.54, 1.807) is 7.11 Å². The first kappa shape index (κ1) is 20.4. The van der Waals surface area contributed by atoms with Crippen molar-refractivity contribution in [1.82, 2.24) is 4.90 Å². The molecule has 12 atom stereocenters. The third kappa shape index (κ3) is 2.00. The van der Waals surface area contributed by atoms with E-state index in [0.29, 0.717) is 18.4 Å². The van der Waals surface area contributed by atoms with E-state index in [9.17, 15) is 10.2 Å². The number of nitrogens with zero attached hydrogens (tertiary/aromatic N) is 1. The molecule has 170 valence electrons. The lowest BCUT2D eigenvalue weighted by atomic mass is 9.43. The van der Waals surface area contributed by atoms with Crippen LogP contribution in [-0.2, 0) is 14.2 Å². The van der Waals surface area contributed by atoms with Gasteiger partial charge in [-0.2, -0.15) is 0 Å². The second-order valence-electron chi connectivity index (χ2n) is 11.5. The Morgan fingerprint density at radius 2 is 1.90 bits per heavy atom. The Hall–Kier alpha value is -0.240. The van der Waals surface area contributed by atoms with Crippen molar-refractivity contribution in [1.29, 1.82) is 0 Å². The maximum Gasteiger partial charge on any atom is 0.0771 e. The van der Waals surface area contributed by atoms with E-state index in [4.69, 9.17) is 14.2 Å². The maximum absolute atomic E-state index is 12.4. The molecule has 6 rings (SSSR count). The zero-order valence-corrected chi connectivity index (χ0v) is 18.9. The van der Waals surface area contributed by atoms with Crippen molar-refractivity contribution in [3.63, 3.8) is 0 Å².